The molecule has 0 amide bonds. The fourth-order valence-electron chi connectivity index (χ4n) is 6.27. The molecule has 4 aliphatic rings. The van der Waals surface area contributed by atoms with Crippen LogP contribution in [0.2, 0.25) is 0 Å². The third-order valence-corrected chi connectivity index (χ3v) is 11.0. The van der Waals surface area contributed by atoms with E-state index in [0.29, 0.717) is 48.2 Å². The zero-order chi connectivity index (χ0) is 25.0. The van der Waals surface area contributed by atoms with Gasteiger partial charge in [-0.1, -0.05) is 11.3 Å². The Morgan fingerprint density at radius 3 is 2.92 bits per heavy atom. The van der Waals surface area contributed by atoms with Crippen LogP contribution in [0.3, 0.4) is 0 Å². The highest BCUT2D eigenvalue weighted by Crippen LogP contribution is 2.57. The Bertz CT molecular complexity index is 1170. The minimum Gasteiger partial charge on any atom is -0.596 e. The molecule has 5 atom stereocenters. The van der Waals surface area contributed by atoms with Gasteiger partial charge in [0.1, 0.15) is 5.82 Å². The van der Waals surface area contributed by atoms with E-state index in [1.807, 2.05) is 10.4 Å². The van der Waals surface area contributed by atoms with Crippen molar-refractivity contribution in [1.29, 1.82) is 5.26 Å². The lowest BCUT2D eigenvalue weighted by Gasteiger charge is -2.60. The summed E-state index contributed by atoms with van der Waals surface area (Å²) in [4.78, 5) is 18.7. The first-order chi connectivity index (χ1) is 17.4. The van der Waals surface area contributed by atoms with Crippen LogP contribution in [-0.2, 0) is 18.0 Å². The SMILES string of the molecule is COc1cc(N(C)C2CC3CCC4([S+]([O-])N5CC(C#N)C5)CC(C2)N34)nc(Nc2ncc(CO)s2)n1. The molecule has 4 aliphatic heterocycles. The van der Waals surface area contributed by atoms with E-state index in [9.17, 15) is 9.66 Å². The molecule has 0 aromatic carbocycles. The number of nitrogens with zero attached hydrogens (tertiary/aromatic N) is 7. The molecule has 2 aromatic heterocycles. The van der Waals surface area contributed by atoms with Crippen LogP contribution in [0.4, 0.5) is 16.9 Å². The number of methoxy groups -OCH3 is 1. The first-order valence-electron chi connectivity index (χ1n) is 12.3. The fourth-order valence-corrected chi connectivity index (χ4v) is 9.16. The number of rotatable bonds is 8. The molecule has 2 aromatic rings. The largest absolute Gasteiger partial charge is 0.596 e. The van der Waals surface area contributed by atoms with E-state index in [-0.39, 0.29) is 17.4 Å². The molecule has 0 saturated carbocycles. The Kier molecular flexibility index (Phi) is 6.22. The smallest absolute Gasteiger partial charge is 0.234 e. The number of ether oxygens (including phenoxy) is 1. The number of aliphatic hydroxyl groups is 1. The monoisotopic (exact) mass is 530 g/mol. The van der Waals surface area contributed by atoms with Crippen LogP contribution >= 0.6 is 11.3 Å². The lowest BCUT2D eigenvalue weighted by atomic mass is 9.82. The lowest BCUT2D eigenvalue weighted by Crippen LogP contribution is -2.74. The van der Waals surface area contributed by atoms with Gasteiger partial charge in [-0.25, -0.2) is 9.88 Å². The minimum absolute atomic E-state index is 0.0226. The van der Waals surface area contributed by atoms with Gasteiger partial charge in [0.05, 0.1) is 55.0 Å². The zero-order valence-electron chi connectivity index (χ0n) is 20.3. The predicted molar refractivity (Wildman–Crippen MR) is 136 cm³/mol. The molecule has 11 nitrogen and oxygen atoms in total. The topological polar surface area (TPSA) is 137 Å². The highest BCUT2D eigenvalue weighted by atomic mass is 32.2. The second-order valence-corrected chi connectivity index (χ2v) is 13.0. The van der Waals surface area contributed by atoms with Crippen LogP contribution in [0.25, 0.3) is 0 Å². The van der Waals surface area contributed by atoms with Crippen molar-refractivity contribution in [3.8, 4) is 11.9 Å². The molecule has 13 heteroatoms. The van der Waals surface area contributed by atoms with E-state index < -0.39 is 11.4 Å². The summed E-state index contributed by atoms with van der Waals surface area (Å²) in [6.45, 7) is 1.21. The summed E-state index contributed by atoms with van der Waals surface area (Å²) < 4.78 is 20.9. The molecule has 2 N–H and O–H groups in total. The average Bonchev–Trinajstić information content (AvgIpc) is 3.44. The van der Waals surface area contributed by atoms with Crippen molar-refractivity contribution < 1.29 is 14.4 Å². The number of thiazole rings is 1. The summed E-state index contributed by atoms with van der Waals surface area (Å²) >= 11 is 0.305. The van der Waals surface area contributed by atoms with Crippen molar-refractivity contribution >= 4 is 39.6 Å². The molecule has 0 bridgehead atoms. The molecular weight excluding hydrogens is 500 g/mol. The highest BCUT2D eigenvalue weighted by molar-refractivity contribution is 7.90. The number of hydrogen-bond acceptors (Lipinski definition) is 12. The van der Waals surface area contributed by atoms with Crippen molar-refractivity contribution in [3.05, 3.63) is 17.1 Å². The van der Waals surface area contributed by atoms with E-state index >= 15 is 0 Å². The summed E-state index contributed by atoms with van der Waals surface area (Å²) in [5.41, 5.74) is 0. The standard InChI is InChI=1S/C23H30N8O3S2/c1-29(19-7-20(34-2)27-21(26-19)28-22-25-10-18(13-32)35-22)16-5-15-3-4-23(8-17(6-16)31(15)23)36(33)30-11-14(9-24)12-30/h7,10,14-17,32H,3-6,8,11-13H2,1-2H3,(H,25,26,27,28). The third-order valence-electron chi connectivity index (χ3n) is 8.09. The van der Waals surface area contributed by atoms with Gasteiger partial charge in [0, 0.05) is 50.3 Å². The molecule has 6 rings (SSSR count). The van der Waals surface area contributed by atoms with Crippen molar-refractivity contribution in [2.24, 2.45) is 5.92 Å². The quantitative estimate of drug-likeness (QED) is 0.484. The van der Waals surface area contributed by atoms with Crippen LogP contribution < -0.4 is 15.0 Å². The van der Waals surface area contributed by atoms with Gasteiger partial charge in [0.25, 0.3) is 0 Å². The van der Waals surface area contributed by atoms with E-state index in [1.165, 1.54) is 11.3 Å². The van der Waals surface area contributed by atoms with Crippen LogP contribution in [0, 0.1) is 17.2 Å². The highest BCUT2D eigenvalue weighted by Gasteiger charge is 2.69. The van der Waals surface area contributed by atoms with Gasteiger partial charge in [-0.2, -0.15) is 15.2 Å². The van der Waals surface area contributed by atoms with E-state index in [2.05, 4.69) is 38.2 Å². The van der Waals surface area contributed by atoms with Crippen molar-refractivity contribution in [2.75, 3.05) is 37.5 Å². The van der Waals surface area contributed by atoms with Crippen LogP contribution in [0.5, 0.6) is 5.88 Å². The molecule has 0 aliphatic carbocycles. The van der Waals surface area contributed by atoms with Crippen molar-refractivity contribution in [1.82, 2.24) is 24.2 Å². The Morgan fingerprint density at radius 2 is 2.19 bits per heavy atom. The summed E-state index contributed by atoms with van der Waals surface area (Å²) in [7, 11) is 3.66. The zero-order valence-corrected chi connectivity index (χ0v) is 22.0. The van der Waals surface area contributed by atoms with Crippen LogP contribution in [0.15, 0.2) is 12.3 Å². The summed E-state index contributed by atoms with van der Waals surface area (Å²) in [5, 5.41) is 22.2. The molecule has 0 spiro atoms. The third kappa shape index (κ3) is 3.91. The van der Waals surface area contributed by atoms with Crippen molar-refractivity contribution in [3.63, 3.8) is 0 Å². The Morgan fingerprint density at radius 1 is 1.39 bits per heavy atom. The fraction of sp³-hybridized carbons (Fsp3) is 0.652. The number of aromatic nitrogens is 3. The minimum atomic E-state index is -1.05. The van der Waals surface area contributed by atoms with Gasteiger partial charge >= 0.3 is 0 Å². The van der Waals surface area contributed by atoms with Gasteiger partial charge in [-0.15, -0.1) is 4.31 Å². The number of aliphatic hydroxyl groups excluding tert-OH is 1. The van der Waals surface area contributed by atoms with Gasteiger partial charge in [0.15, 0.2) is 5.13 Å². The van der Waals surface area contributed by atoms with Gasteiger partial charge in [-0.3, -0.25) is 5.32 Å². The molecule has 192 valence electrons. The first-order valence-corrected chi connectivity index (χ1v) is 14.2. The Labute approximate surface area is 217 Å². The van der Waals surface area contributed by atoms with Crippen LogP contribution in [-0.4, -0.2) is 84.1 Å². The molecule has 36 heavy (non-hydrogen) atoms. The second kappa shape index (κ2) is 9.27. The molecule has 0 radical (unpaired) electrons. The molecular formula is C23H30N8O3S2. The van der Waals surface area contributed by atoms with E-state index in [0.717, 1.165) is 42.8 Å². The predicted octanol–water partition coefficient (Wildman–Crippen LogP) is 1.83. The second-order valence-electron chi connectivity index (χ2n) is 10.1. The van der Waals surface area contributed by atoms with E-state index in [1.54, 1.807) is 13.3 Å². The van der Waals surface area contributed by atoms with Crippen LogP contribution in [0.1, 0.15) is 37.0 Å². The van der Waals surface area contributed by atoms with E-state index in [4.69, 9.17) is 15.0 Å². The Hall–Kier alpha value is -2.21. The number of nitriles is 1. The molecule has 4 fully saturated rings. The first kappa shape index (κ1) is 24.1. The van der Waals surface area contributed by atoms with Gasteiger partial charge in [0.2, 0.25) is 16.7 Å². The maximum atomic E-state index is 13.4. The van der Waals surface area contributed by atoms with Gasteiger partial charge in [-0.05, 0) is 19.3 Å². The maximum Gasteiger partial charge on any atom is 0.234 e. The molecule has 6 heterocycles. The number of hydrogen-bond donors (Lipinski definition) is 2. The summed E-state index contributed by atoms with van der Waals surface area (Å²) in [5.74, 6) is 1.66. The number of anilines is 3. The summed E-state index contributed by atoms with van der Waals surface area (Å²) in [6.07, 6.45) is 6.59. The molecule has 4 saturated heterocycles. The number of piperidine rings is 1. The molecule has 5 unspecified atom stereocenters. The maximum absolute atomic E-state index is 13.4. The Balaban J connectivity index is 1.15. The lowest BCUT2D eigenvalue weighted by molar-refractivity contribution is -0.0501. The van der Waals surface area contributed by atoms with Gasteiger partial charge < -0.3 is 19.3 Å². The normalized spacial score (nSPS) is 30.6. The average molecular weight is 531 g/mol. The number of nitrogens with one attached hydrogen (secondary N) is 1. The van der Waals surface area contributed by atoms with Crippen molar-refractivity contribution in [2.45, 2.75) is 61.7 Å². The summed E-state index contributed by atoms with van der Waals surface area (Å²) in [6, 6.07) is 5.28.